The lowest BCUT2D eigenvalue weighted by atomic mass is 9.86. The van der Waals surface area contributed by atoms with Crippen LogP contribution >= 0.6 is 11.3 Å². The van der Waals surface area contributed by atoms with Crippen molar-refractivity contribution in [2.45, 2.75) is 32.4 Å². The average Bonchev–Trinajstić information content (AvgIpc) is 3.37. The van der Waals surface area contributed by atoms with Crippen LogP contribution in [0, 0.1) is 12.8 Å². The SMILES string of the molecule is COc1ccc(CNC(=O)C2CCC(=O)N(c3ccc(C)cc3)C2c2cccs2)cc1OC. The number of hydrogen-bond acceptors (Lipinski definition) is 5. The number of ether oxygens (including phenoxy) is 2. The first-order chi connectivity index (χ1) is 16.0. The third-order valence-corrected chi connectivity index (χ3v) is 6.94. The summed E-state index contributed by atoms with van der Waals surface area (Å²) in [6, 6.07) is 17.1. The Kier molecular flexibility index (Phi) is 6.99. The van der Waals surface area contributed by atoms with Crippen LogP contribution < -0.4 is 19.7 Å². The fourth-order valence-electron chi connectivity index (χ4n) is 4.27. The third-order valence-electron chi connectivity index (χ3n) is 6.00. The summed E-state index contributed by atoms with van der Waals surface area (Å²) in [5, 5.41) is 5.06. The number of carbonyl (C=O) groups is 2. The number of nitrogens with one attached hydrogen (secondary N) is 1. The lowest BCUT2D eigenvalue weighted by Gasteiger charge is -2.40. The fourth-order valence-corrected chi connectivity index (χ4v) is 5.15. The normalized spacial score (nSPS) is 18.2. The highest BCUT2D eigenvalue weighted by molar-refractivity contribution is 7.10. The molecule has 1 aliphatic heterocycles. The van der Waals surface area contributed by atoms with Gasteiger partial charge in [0.2, 0.25) is 11.8 Å². The van der Waals surface area contributed by atoms with Crippen molar-refractivity contribution in [1.82, 2.24) is 5.32 Å². The fraction of sp³-hybridized carbons (Fsp3) is 0.308. The summed E-state index contributed by atoms with van der Waals surface area (Å²) >= 11 is 1.57. The number of thiophene rings is 1. The molecule has 0 saturated carbocycles. The van der Waals surface area contributed by atoms with Crippen LogP contribution in [0.15, 0.2) is 60.0 Å². The minimum Gasteiger partial charge on any atom is -0.493 e. The van der Waals surface area contributed by atoms with Gasteiger partial charge in [0.05, 0.1) is 26.2 Å². The molecule has 1 fully saturated rings. The Labute approximate surface area is 198 Å². The third kappa shape index (κ3) is 4.88. The van der Waals surface area contributed by atoms with Crippen molar-refractivity contribution in [2.24, 2.45) is 5.92 Å². The molecule has 0 bridgehead atoms. The van der Waals surface area contributed by atoms with E-state index in [2.05, 4.69) is 5.32 Å². The molecule has 2 heterocycles. The summed E-state index contributed by atoms with van der Waals surface area (Å²) in [7, 11) is 3.18. The Hall–Kier alpha value is -3.32. The first-order valence-corrected chi connectivity index (χ1v) is 11.8. The van der Waals surface area contributed by atoms with Gasteiger partial charge in [-0.05, 0) is 54.6 Å². The maximum atomic E-state index is 13.4. The van der Waals surface area contributed by atoms with E-state index < -0.39 is 0 Å². The monoisotopic (exact) mass is 464 g/mol. The van der Waals surface area contributed by atoms with E-state index >= 15 is 0 Å². The molecule has 3 aromatic rings. The molecule has 2 atom stereocenters. The van der Waals surface area contributed by atoms with E-state index in [0.29, 0.717) is 30.9 Å². The van der Waals surface area contributed by atoms with Crippen molar-refractivity contribution in [2.75, 3.05) is 19.1 Å². The molecule has 0 aliphatic carbocycles. The summed E-state index contributed by atoms with van der Waals surface area (Å²) in [4.78, 5) is 29.2. The molecular weight excluding hydrogens is 436 g/mol. The Morgan fingerprint density at radius 1 is 1.09 bits per heavy atom. The van der Waals surface area contributed by atoms with Crippen molar-refractivity contribution in [3.05, 3.63) is 76.0 Å². The average molecular weight is 465 g/mol. The van der Waals surface area contributed by atoms with E-state index in [1.165, 1.54) is 0 Å². The first kappa shape index (κ1) is 22.9. The maximum absolute atomic E-state index is 13.4. The molecule has 2 amide bonds. The molecule has 0 spiro atoms. The van der Waals surface area contributed by atoms with Gasteiger partial charge >= 0.3 is 0 Å². The number of hydrogen-bond donors (Lipinski definition) is 1. The number of methoxy groups -OCH3 is 2. The van der Waals surface area contributed by atoms with E-state index in [4.69, 9.17) is 9.47 Å². The van der Waals surface area contributed by atoms with Gasteiger partial charge in [0.15, 0.2) is 11.5 Å². The lowest BCUT2D eigenvalue weighted by Crippen LogP contribution is -2.48. The van der Waals surface area contributed by atoms with Crippen LogP contribution in [0.5, 0.6) is 11.5 Å². The second-order valence-electron chi connectivity index (χ2n) is 8.11. The maximum Gasteiger partial charge on any atom is 0.227 e. The highest BCUT2D eigenvalue weighted by Crippen LogP contribution is 2.41. The van der Waals surface area contributed by atoms with Crippen molar-refractivity contribution in [1.29, 1.82) is 0 Å². The zero-order chi connectivity index (χ0) is 23.4. The van der Waals surface area contributed by atoms with Gasteiger partial charge < -0.3 is 19.7 Å². The van der Waals surface area contributed by atoms with E-state index in [0.717, 1.165) is 21.7 Å². The number of rotatable bonds is 7. The Bertz CT molecular complexity index is 1110. The largest absolute Gasteiger partial charge is 0.493 e. The van der Waals surface area contributed by atoms with Gasteiger partial charge in [0.25, 0.3) is 0 Å². The minimum absolute atomic E-state index is 0.0428. The molecule has 1 aromatic heterocycles. The molecule has 4 rings (SSSR count). The molecular formula is C26H28N2O4S. The highest BCUT2D eigenvalue weighted by Gasteiger charge is 2.41. The molecule has 0 radical (unpaired) electrons. The second-order valence-corrected chi connectivity index (χ2v) is 9.09. The van der Waals surface area contributed by atoms with E-state index in [1.54, 1.807) is 30.5 Å². The van der Waals surface area contributed by atoms with E-state index in [9.17, 15) is 9.59 Å². The van der Waals surface area contributed by atoms with Crippen LogP contribution in [0.3, 0.4) is 0 Å². The molecule has 1 saturated heterocycles. The van der Waals surface area contributed by atoms with Crippen LogP contribution in [-0.4, -0.2) is 26.0 Å². The Morgan fingerprint density at radius 3 is 2.52 bits per heavy atom. The van der Waals surface area contributed by atoms with Crippen molar-refractivity contribution >= 4 is 28.8 Å². The predicted octanol–water partition coefficient (Wildman–Crippen LogP) is 4.87. The number of aryl methyl sites for hydroxylation is 1. The molecule has 2 aromatic carbocycles. The van der Waals surface area contributed by atoms with Crippen LogP contribution in [-0.2, 0) is 16.1 Å². The summed E-state index contributed by atoms with van der Waals surface area (Å²) in [5.41, 5.74) is 2.86. The quantitative estimate of drug-likeness (QED) is 0.541. The number of carbonyl (C=O) groups excluding carboxylic acids is 2. The van der Waals surface area contributed by atoms with Gasteiger partial charge in [-0.15, -0.1) is 11.3 Å². The van der Waals surface area contributed by atoms with Gasteiger partial charge in [0, 0.05) is 23.5 Å². The molecule has 1 aliphatic rings. The first-order valence-electron chi connectivity index (χ1n) is 10.9. The van der Waals surface area contributed by atoms with Crippen LogP contribution in [0.2, 0.25) is 0 Å². The second kappa shape index (κ2) is 10.1. The number of nitrogens with zero attached hydrogens (tertiary/aromatic N) is 1. The minimum atomic E-state index is -0.345. The van der Waals surface area contributed by atoms with E-state index in [1.807, 2.05) is 66.9 Å². The van der Waals surface area contributed by atoms with Crippen molar-refractivity contribution < 1.29 is 19.1 Å². The van der Waals surface area contributed by atoms with Crippen LogP contribution in [0.4, 0.5) is 5.69 Å². The zero-order valence-electron chi connectivity index (χ0n) is 19.0. The summed E-state index contributed by atoms with van der Waals surface area (Å²) in [5.74, 6) is 0.899. The standard InChI is InChI=1S/C26H28N2O4S/c1-17-6-9-19(10-7-17)28-24(29)13-11-20(25(28)23-5-4-14-33-23)26(30)27-16-18-8-12-21(31-2)22(15-18)32-3/h4-10,12,14-15,20,25H,11,13,16H2,1-3H3,(H,27,30). The van der Waals surface area contributed by atoms with Crippen LogP contribution in [0.25, 0.3) is 0 Å². The zero-order valence-corrected chi connectivity index (χ0v) is 19.9. The van der Waals surface area contributed by atoms with Crippen molar-refractivity contribution in [3.8, 4) is 11.5 Å². The number of benzene rings is 2. The van der Waals surface area contributed by atoms with Gasteiger partial charge in [-0.3, -0.25) is 9.59 Å². The molecule has 2 unspecified atom stereocenters. The van der Waals surface area contributed by atoms with E-state index in [-0.39, 0.29) is 23.8 Å². The van der Waals surface area contributed by atoms with Gasteiger partial charge in [-0.1, -0.05) is 29.8 Å². The summed E-state index contributed by atoms with van der Waals surface area (Å²) < 4.78 is 10.7. The van der Waals surface area contributed by atoms with Crippen molar-refractivity contribution in [3.63, 3.8) is 0 Å². The lowest BCUT2D eigenvalue weighted by molar-refractivity contribution is -0.129. The molecule has 1 N–H and O–H groups in total. The van der Waals surface area contributed by atoms with Gasteiger partial charge in [-0.2, -0.15) is 0 Å². The molecule has 6 nitrogen and oxygen atoms in total. The molecule has 33 heavy (non-hydrogen) atoms. The van der Waals surface area contributed by atoms with Gasteiger partial charge in [0.1, 0.15) is 0 Å². The number of amides is 2. The molecule has 172 valence electrons. The molecule has 7 heteroatoms. The Balaban J connectivity index is 1.58. The topological polar surface area (TPSA) is 67.9 Å². The van der Waals surface area contributed by atoms with Crippen LogP contribution in [0.1, 0.15) is 34.9 Å². The van der Waals surface area contributed by atoms with Gasteiger partial charge in [-0.25, -0.2) is 0 Å². The highest BCUT2D eigenvalue weighted by atomic mass is 32.1. The summed E-state index contributed by atoms with van der Waals surface area (Å²) in [6.07, 6.45) is 0.853. The number of anilines is 1. The summed E-state index contributed by atoms with van der Waals surface area (Å²) in [6.45, 7) is 2.38. The Morgan fingerprint density at radius 2 is 1.85 bits per heavy atom. The smallest absolute Gasteiger partial charge is 0.227 e. The predicted molar refractivity (Wildman–Crippen MR) is 130 cm³/mol. The number of piperidine rings is 1.